The van der Waals surface area contributed by atoms with Gasteiger partial charge in [0.2, 0.25) is 0 Å². The first-order chi connectivity index (χ1) is 11.8. The number of rotatable bonds is 4. The normalized spacial score (nSPS) is 11.0. The summed E-state index contributed by atoms with van der Waals surface area (Å²) < 4.78 is 3.43. The fourth-order valence-corrected chi connectivity index (χ4v) is 2.71. The molecule has 0 N–H and O–H groups in total. The Labute approximate surface area is 138 Å². The van der Waals surface area contributed by atoms with E-state index in [9.17, 15) is 4.79 Å². The van der Waals surface area contributed by atoms with Crippen LogP contribution in [0.5, 0.6) is 0 Å². The lowest BCUT2D eigenvalue weighted by atomic mass is 10.1. The van der Waals surface area contributed by atoms with Gasteiger partial charge in [0.15, 0.2) is 0 Å². The second kappa shape index (κ2) is 6.08. The van der Waals surface area contributed by atoms with E-state index >= 15 is 0 Å². The highest BCUT2D eigenvalue weighted by molar-refractivity contribution is 5.92. The Balaban J connectivity index is 1.85. The van der Waals surface area contributed by atoms with E-state index in [1.807, 2.05) is 53.2 Å². The summed E-state index contributed by atoms with van der Waals surface area (Å²) in [5.41, 5.74) is 1.38. The molecule has 0 bridgehead atoms. The number of aromatic nitrogens is 5. The predicted octanol–water partition coefficient (Wildman–Crippen LogP) is 2.36. The fraction of sp³-hybridized carbons (Fsp3) is 0.111. The van der Waals surface area contributed by atoms with E-state index in [2.05, 4.69) is 15.1 Å². The van der Waals surface area contributed by atoms with Crippen LogP contribution in [0.2, 0.25) is 0 Å². The first-order valence-electron chi connectivity index (χ1n) is 7.70. The minimum Gasteiger partial charge on any atom is -0.336 e. The van der Waals surface area contributed by atoms with Gasteiger partial charge in [0.1, 0.15) is 5.69 Å². The molecule has 6 nitrogen and oxygen atoms in total. The number of aryl methyl sites for hydroxylation is 2. The minimum atomic E-state index is -0.0922. The summed E-state index contributed by atoms with van der Waals surface area (Å²) in [5.74, 6) is 0. The summed E-state index contributed by atoms with van der Waals surface area (Å²) in [7, 11) is 0. The zero-order chi connectivity index (χ0) is 16.4. The number of pyridine rings is 1. The molecular weight excluding hydrogens is 302 g/mol. The van der Waals surface area contributed by atoms with Crippen molar-refractivity contribution < 1.29 is 0 Å². The monoisotopic (exact) mass is 317 g/mol. The number of nitrogens with zero attached hydrogens (tertiary/aromatic N) is 5. The summed E-state index contributed by atoms with van der Waals surface area (Å²) >= 11 is 0. The Kier molecular flexibility index (Phi) is 3.63. The quantitative estimate of drug-likeness (QED) is 0.579. The van der Waals surface area contributed by atoms with Crippen molar-refractivity contribution in [3.05, 3.63) is 77.7 Å². The SMILES string of the molecule is O=c1c2ccccc2c(-c2ccccn2)nn1CCn1ccnc1. The predicted molar refractivity (Wildman–Crippen MR) is 91.5 cm³/mol. The molecule has 1 aromatic carbocycles. The number of hydrogen-bond donors (Lipinski definition) is 0. The van der Waals surface area contributed by atoms with Gasteiger partial charge in [-0.15, -0.1) is 0 Å². The topological polar surface area (TPSA) is 65.6 Å². The first-order valence-corrected chi connectivity index (χ1v) is 7.70. The van der Waals surface area contributed by atoms with E-state index in [1.54, 1.807) is 18.7 Å². The van der Waals surface area contributed by atoms with Crippen LogP contribution in [0.1, 0.15) is 0 Å². The van der Waals surface area contributed by atoms with Crippen molar-refractivity contribution in [2.75, 3.05) is 0 Å². The van der Waals surface area contributed by atoms with Crippen LogP contribution in [0.25, 0.3) is 22.2 Å². The van der Waals surface area contributed by atoms with Crippen molar-refractivity contribution in [1.29, 1.82) is 0 Å². The molecule has 4 rings (SSSR count). The van der Waals surface area contributed by atoms with Gasteiger partial charge in [0.25, 0.3) is 5.56 Å². The molecule has 3 aromatic heterocycles. The van der Waals surface area contributed by atoms with Crippen molar-refractivity contribution in [1.82, 2.24) is 24.3 Å². The molecular formula is C18H15N5O. The summed E-state index contributed by atoms with van der Waals surface area (Å²) in [5, 5.41) is 6.05. The lowest BCUT2D eigenvalue weighted by Gasteiger charge is -2.11. The molecule has 0 atom stereocenters. The van der Waals surface area contributed by atoms with Gasteiger partial charge in [0.05, 0.1) is 24.0 Å². The van der Waals surface area contributed by atoms with Crippen molar-refractivity contribution >= 4 is 10.8 Å². The lowest BCUT2D eigenvalue weighted by molar-refractivity contribution is 0.515. The molecule has 6 heteroatoms. The average molecular weight is 317 g/mol. The Bertz CT molecular complexity index is 1020. The Morgan fingerprint density at radius 3 is 2.50 bits per heavy atom. The highest BCUT2D eigenvalue weighted by atomic mass is 16.1. The highest BCUT2D eigenvalue weighted by Crippen LogP contribution is 2.22. The molecule has 0 radical (unpaired) electrons. The van der Waals surface area contributed by atoms with Crippen molar-refractivity contribution in [2.24, 2.45) is 0 Å². The van der Waals surface area contributed by atoms with Crippen LogP contribution in [-0.4, -0.2) is 24.3 Å². The molecule has 0 saturated heterocycles. The van der Waals surface area contributed by atoms with Crippen LogP contribution in [0.4, 0.5) is 0 Å². The third kappa shape index (κ3) is 2.58. The molecule has 0 aliphatic rings. The zero-order valence-electron chi connectivity index (χ0n) is 12.9. The molecule has 0 aliphatic heterocycles. The molecule has 24 heavy (non-hydrogen) atoms. The minimum absolute atomic E-state index is 0.0922. The lowest BCUT2D eigenvalue weighted by Crippen LogP contribution is -2.25. The average Bonchev–Trinajstić information content (AvgIpc) is 3.16. The van der Waals surface area contributed by atoms with Gasteiger partial charge in [-0.25, -0.2) is 9.67 Å². The van der Waals surface area contributed by atoms with Crippen LogP contribution >= 0.6 is 0 Å². The van der Waals surface area contributed by atoms with Crippen LogP contribution in [0, 0.1) is 0 Å². The summed E-state index contributed by atoms with van der Waals surface area (Å²) in [4.78, 5) is 21.1. The Hall–Kier alpha value is -3.28. The molecule has 3 heterocycles. The molecule has 0 amide bonds. The van der Waals surface area contributed by atoms with Gasteiger partial charge < -0.3 is 4.57 Å². The zero-order valence-corrected chi connectivity index (χ0v) is 12.9. The molecule has 0 aliphatic carbocycles. The summed E-state index contributed by atoms with van der Waals surface area (Å²) in [6.07, 6.45) is 7.04. The van der Waals surface area contributed by atoms with Crippen molar-refractivity contribution in [2.45, 2.75) is 13.1 Å². The van der Waals surface area contributed by atoms with Gasteiger partial charge in [-0.2, -0.15) is 5.10 Å². The number of imidazole rings is 1. The standard InChI is InChI=1S/C18H15N5O/c24-18-15-6-2-1-5-14(15)17(16-7-3-4-8-20-16)21-23(18)12-11-22-10-9-19-13-22/h1-10,13H,11-12H2. The summed E-state index contributed by atoms with van der Waals surface area (Å²) in [6, 6.07) is 13.2. The number of hydrogen-bond acceptors (Lipinski definition) is 4. The smallest absolute Gasteiger partial charge is 0.274 e. The van der Waals surface area contributed by atoms with E-state index in [1.165, 1.54) is 4.68 Å². The molecule has 0 unspecified atom stereocenters. The maximum atomic E-state index is 12.7. The van der Waals surface area contributed by atoms with E-state index < -0.39 is 0 Å². The third-order valence-corrected chi connectivity index (χ3v) is 3.90. The highest BCUT2D eigenvalue weighted by Gasteiger charge is 2.12. The Morgan fingerprint density at radius 2 is 1.75 bits per heavy atom. The van der Waals surface area contributed by atoms with Gasteiger partial charge in [-0.05, 0) is 18.2 Å². The van der Waals surface area contributed by atoms with E-state index in [0.717, 1.165) is 16.8 Å². The maximum Gasteiger partial charge on any atom is 0.274 e. The van der Waals surface area contributed by atoms with Crippen LogP contribution in [0.15, 0.2) is 72.2 Å². The second-order valence-corrected chi connectivity index (χ2v) is 5.44. The fourth-order valence-electron chi connectivity index (χ4n) is 2.71. The molecule has 4 aromatic rings. The van der Waals surface area contributed by atoms with Crippen LogP contribution < -0.4 is 5.56 Å². The van der Waals surface area contributed by atoms with E-state index in [-0.39, 0.29) is 5.56 Å². The van der Waals surface area contributed by atoms with Gasteiger partial charge >= 0.3 is 0 Å². The molecule has 0 saturated carbocycles. The molecule has 0 fully saturated rings. The second-order valence-electron chi connectivity index (χ2n) is 5.44. The summed E-state index contributed by atoms with van der Waals surface area (Å²) in [6.45, 7) is 1.10. The van der Waals surface area contributed by atoms with Gasteiger partial charge in [0, 0.05) is 30.5 Å². The van der Waals surface area contributed by atoms with Gasteiger partial charge in [-0.3, -0.25) is 9.78 Å². The third-order valence-electron chi connectivity index (χ3n) is 3.90. The first kappa shape index (κ1) is 14.3. The van der Waals surface area contributed by atoms with Crippen molar-refractivity contribution in [3.63, 3.8) is 0 Å². The maximum absolute atomic E-state index is 12.7. The van der Waals surface area contributed by atoms with Crippen LogP contribution in [0.3, 0.4) is 0 Å². The number of benzene rings is 1. The molecule has 118 valence electrons. The largest absolute Gasteiger partial charge is 0.336 e. The van der Waals surface area contributed by atoms with Crippen molar-refractivity contribution in [3.8, 4) is 11.4 Å². The molecule has 0 spiro atoms. The van der Waals surface area contributed by atoms with E-state index in [4.69, 9.17) is 0 Å². The van der Waals surface area contributed by atoms with Gasteiger partial charge in [-0.1, -0.05) is 24.3 Å². The van der Waals surface area contributed by atoms with Crippen LogP contribution in [-0.2, 0) is 13.1 Å². The Morgan fingerprint density at radius 1 is 0.917 bits per heavy atom. The van der Waals surface area contributed by atoms with E-state index in [0.29, 0.717) is 18.5 Å². The number of fused-ring (bicyclic) bond motifs is 1.